The van der Waals surface area contributed by atoms with E-state index >= 15 is 0 Å². The first-order valence-electron chi connectivity index (χ1n) is 9.06. The smallest absolute Gasteiger partial charge is 0.258 e. The van der Waals surface area contributed by atoms with Gasteiger partial charge in [-0.3, -0.25) is 9.69 Å². The normalized spacial score (nSPS) is 16.1. The number of morpholine rings is 1. The maximum absolute atomic E-state index is 12.3. The summed E-state index contributed by atoms with van der Waals surface area (Å²) < 4.78 is 11.1. The van der Waals surface area contributed by atoms with E-state index in [1.54, 1.807) is 11.3 Å². The quantitative estimate of drug-likeness (QED) is 0.760. The SMILES string of the molecule is Cc1cc(OCC(=O)NC[C@@H](c2cccs2)N2CCOCC2)cc(C)c1Cl. The van der Waals surface area contributed by atoms with Crippen molar-refractivity contribution in [1.29, 1.82) is 0 Å². The monoisotopic (exact) mass is 408 g/mol. The van der Waals surface area contributed by atoms with Crippen molar-refractivity contribution >= 4 is 28.8 Å². The highest BCUT2D eigenvalue weighted by atomic mass is 35.5. The van der Waals surface area contributed by atoms with Crippen LogP contribution in [0.4, 0.5) is 0 Å². The second-order valence-corrected chi connectivity index (χ2v) is 8.00. The Morgan fingerprint density at radius 2 is 2.04 bits per heavy atom. The number of hydrogen-bond donors (Lipinski definition) is 1. The van der Waals surface area contributed by atoms with Crippen LogP contribution in [0.5, 0.6) is 5.75 Å². The van der Waals surface area contributed by atoms with Crippen LogP contribution >= 0.6 is 22.9 Å². The van der Waals surface area contributed by atoms with Crippen LogP contribution in [-0.2, 0) is 9.53 Å². The summed E-state index contributed by atoms with van der Waals surface area (Å²) in [5.74, 6) is 0.530. The summed E-state index contributed by atoms with van der Waals surface area (Å²) in [6, 6.07) is 8.03. The molecule has 1 aromatic heterocycles. The van der Waals surface area contributed by atoms with E-state index in [-0.39, 0.29) is 18.6 Å². The van der Waals surface area contributed by atoms with Gasteiger partial charge in [0.25, 0.3) is 5.91 Å². The van der Waals surface area contributed by atoms with Gasteiger partial charge in [-0.05, 0) is 48.6 Å². The number of carbonyl (C=O) groups excluding carboxylic acids is 1. The zero-order valence-electron chi connectivity index (χ0n) is 15.7. The van der Waals surface area contributed by atoms with E-state index < -0.39 is 0 Å². The lowest BCUT2D eigenvalue weighted by molar-refractivity contribution is -0.123. The Morgan fingerprint density at radius 1 is 1.33 bits per heavy atom. The molecule has 7 heteroatoms. The lowest BCUT2D eigenvalue weighted by Crippen LogP contribution is -2.44. The van der Waals surface area contributed by atoms with Crippen LogP contribution in [0.3, 0.4) is 0 Å². The molecule has 1 aliphatic rings. The molecule has 1 amide bonds. The van der Waals surface area contributed by atoms with Crippen molar-refractivity contribution in [2.75, 3.05) is 39.5 Å². The molecule has 0 spiro atoms. The highest BCUT2D eigenvalue weighted by Crippen LogP contribution is 2.26. The lowest BCUT2D eigenvalue weighted by Gasteiger charge is -2.34. The van der Waals surface area contributed by atoms with Crippen LogP contribution in [0.15, 0.2) is 29.6 Å². The minimum Gasteiger partial charge on any atom is -0.484 e. The Labute approximate surface area is 169 Å². The second kappa shape index (κ2) is 9.55. The van der Waals surface area contributed by atoms with Gasteiger partial charge in [0, 0.05) is 29.5 Å². The van der Waals surface area contributed by atoms with Crippen molar-refractivity contribution in [2.45, 2.75) is 19.9 Å². The standard InChI is InChI=1S/C20H25ClN2O3S/c1-14-10-16(11-15(2)20(14)21)26-13-19(24)22-12-17(18-4-3-9-27-18)23-5-7-25-8-6-23/h3-4,9-11,17H,5-8,12-13H2,1-2H3,(H,22,24)/t17-/m0/s1. The Hall–Kier alpha value is -1.60. The summed E-state index contributed by atoms with van der Waals surface area (Å²) in [6.45, 7) is 7.60. The summed E-state index contributed by atoms with van der Waals surface area (Å²) in [5, 5.41) is 5.81. The van der Waals surface area contributed by atoms with Crippen molar-refractivity contribution < 1.29 is 14.3 Å². The van der Waals surface area contributed by atoms with Crippen molar-refractivity contribution in [2.24, 2.45) is 0 Å². The zero-order valence-corrected chi connectivity index (χ0v) is 17.2. The topological polar surface area (TPSA) is 50.8 Å². The van der Waals surface area contributed by atoms with Gasteiger partial charge in [-0.2, -0.15) is 0 Å². The maximum atomic E-state index is 12.3. The minimum absolute atomic E-state index is 0.0131. The molecule has 1 aromatic carbocycles. The number of rotatable bonds is 7. The summed E-state index contributed by atoms with van der Waals surface area (Å²) >= 11 is 7.89. The van der Waals surface area contributed by atoms with Crippen LogP contribution in [0.25, 0.3) is 0 Å². The molecule has 146 valence electrons. The van der Waals surface area contributed by atoms with Gasteiger partial charge in [0.1, 0.15) is 5.75 Å². The Bertz CT molecular complexity index is 738. The molecule has 5 nitrogen and oxygen atoms in total. The maximum Gasteiger partial charge on any atom is 0.258 e. The molecule has 0 aliphatic carbocycles. The number of nitrogens with one attached hydrogen (secondary N) is 1. The van der Waals surface area contributed by atoms with Gasteiger partial charge in [-0.25, -0.2) is 0 Å². The fourth-order valence-corrected chi connectivity index (χ4v) is 4.15. The first-order valence-corrected chi connectivity index (χ1v) is 10.3. The first-order chi connectivity index (χ1) is 13.0. The van der Waals surface area contributed by atoms with Crippen LogP contribution in [0, 0.1) is 13.8 Å². The summed E-state index contributed by atoms with van der Waals surface area (Å²) in [7, 11) is 0. The Kier molecular flexibility index (Phi) is 7.13. The number of ether oxygens (including phenoxy) is 2. The van der Waals surface area contributed by atoms with Gasteiger partial charge in [0.2, 0.25) is 0 Å². The van der Waals surface area contributed by atoms with E-state index in [9.17, 15) is 4.79 Å². The van der Waals surface area contributed by atoms with E-state index in [1.165, 1.54) is 4.88 Å². The molecule has 27 heavy (non-hydrogen) atoms. The molecule has 1 atom stereocenters. The number of halogens is 1. The molecular formula is C20H25ClN2O3S. The molecule has 0 unspecified atom stereocenters. The molecule has 2 heterocycles. The molecule has 1 fully saturated rings. The number of carbonyl (C=O) groups is 1. The van der Waals surface area contributed by atoms with Gasteiger partial charge in [-0.15, -0.1) is 11.3 Å². The molecule has 1 N–H and O–H groups in total. The highest BCUT2D eigenvalue weighted by molar-refractivity contribution is 7.10. The van der Waals surface area contributed by atoms with Crippen LogP contribution in [0.1, 0.15) is 22.0 Å². The second-order valence-electron chi connectivity index (χ2n) is 6.64. The zero-order chi connectivity index (χ0) is 19.2. The van der Waals surface area contributed by atoms with Gasteiger partial charge in [0.05, 0.1) is 19.3 Å². The number of aryl methyl sites for hydroxylation is 2. The molecule has 0 radical (unpaired) electrons. The van der Waals surface area contributed by atoms with Crippen LogP contribution < -0.4 is 10.1 Å². The number of amides is 1. The summed E-state index contributed by atoms with van der Waals surface area (Å²) in [4.78, 5) is 15.9. The Morgan fingerprint density at radius 3 is 2.67 bits per heavy atom. The van der Waals surface area contributed by atoms with Crippen molar-refractivity contribution in [3.8, 4) is 5.75 Å². The van der Waals surface area contributed by atoms with Crippen LogP contribution in [-0.4, -0.2) is 50.3 Å². The fourth-order valence-electron chi connectivity index (χ4n) is 3.18. The average molecular weight is 409 g/mol. The number of hydrogen-bond acceptors (Lipinski definition) is 5. The van der Waals surface area contributed by atoms with E-state index in [2.05, 4.69) is 21.7 Å². The third kappa shape index (κ3) is 5.45. The lowest BCUT2D eigenvalue weighted by atomic mass is 10.1. The molecule has 2 aromatic rings. The third-order valence-electron chi connectivity index (χ3n) is 4.63. The van der Waals surface area contributed by atoms with Crippen molar-refractivity contribution in [3.63, 3.8) is 0 Å². The molecule has 0 saturated carbocycles. The first kappa shape index (κ1) is 20.1. The molecule has 1 saturated heterocycles. The average Bonchev–Trinajstić information content (AvgIpc) is 3.20. The number of thiophene rings is 1. The van der Waals surface area contributed by atoms with Gasteiger partial charge in [-0.1, -0.05) is 17.7 Å². The van der Waals surface area contributed by atoms with E-state index in [0.29, 0.717) is 12.3 Å². The van der Waals surface area contributed by atoms with Gasteiger partial charge in [0.15, 0.2) is 6.61 Å². The predicted octanol–water partition coefficient (Wildman–Crippen LogP) is 3.59. The van der Waals surface area contributed by atoms with E-state index in [1.807, 2.05) is 32.0 Å². The third-order valence-corrected chi connectivity index (χ3v) is 6.20. The fraction of sp³-hybridized carbons (Fsp3) is 0.450. The number of benzene rings is 1. The summed E-state index contributed by atoms with van der Waals surface area (Å²) in [5.41, 5.74) is 1.88. The summed E-state index contributed by atoms with van der Waals surface area (Å²) in [6.07, 6.45) is 0. The van der Waals surface area contributed by atoms with E-state index in [4.69, 9.17) is 21.1 Å². The predicted molar refractivity (Wildman–Crippen MR) is 109 cm³/mol. The molecular weight excluding hydrogens is 384 g/mol. The van der Waals surface area contributed by atoms with Gasteiger partial charge < -0.3 is 14.8 Å². The molecule has 0 bridgehead atoms. The number of nitrogens with zero attached hydrogens (tertiary/aromatic N) is 1. The molecule has 1 aliphatic heterocycles. The minimum atomic E-state index is -0.130. The van der Waals surface area contributed by atoms with Crippen molar-refractivity contribution in [3.05, 3.63) is 50.7 Å². The van der Waals surface area contributed by atoms with Crippen molar-refractivity contribution in [1.82, 2.24) is 10.2 Å². The highest BCUT2D eigenvalue weighted by Gasteiger charge is 2.24. The largest absolute Gasteiger partial charge is 0.484 e. The van der Waals surface area contributed by atoms with E-state index in [0.717, 1.165) is 42.5 Å². The van der Waals surface area contributed by atoms with Gasteiger partial charge >= 0.3 is 0 Å². The van der Waals surface area contributed by atoms with Crippen LogP contribution in [0.2, 0.25) is 5.02 Å². The Balaban J connectivity index is 1.54. The molecule has 3 rings (SSSR count).